The van der Waals surface area contributed by atoms with Crippen molar-refractivity contribution in [1.29, 1.82) is 0 Å². The molecule has 0 saturated heterocycles. The third-order valence-electron chi connectivity index (χ3n) is 4.53. The fraction of sp³-hybridized carbons (Fsp3) is 0.318. The normalized spacial score (nSPS) is 11.8. The van der Waals surface area contributed by atoms with E-state index in [9.17, 15) is 14.9 Å². The first kappa shape index (κ1) is 24.1. The molecule has 0 fully saturated rings. The molecule has 1 atom stereocenters. The van der Waals surface area contributed by atoms with Crippen LogP contribution in [0.25, 0.3) is 0 Å². The van der Waals surface area contributed by atoms with Gasteiger partial charge in [0.05, 0.1) is 10.6 Å². The minimum absolute atomic E-state index is 0.0225. The summed E-state index contributed by atoms with van der Waals surface area (Å²) in [4.78, 5) is 25.8. The Morgan fingerprint density at radius 3 is 2.50 bits per heavy atom. The number of nitro benzene ring substituents is 1. The zero-order chi connectivity index (χ0) is 22.3. The molecule has 0 aromatic heterocycles. The summed E-state index contributed by atoms with van der Waals surface area (Å²) in [7, 11) is 0. The molecule has 0 aliphatic rings. The molecular formula is C22H25ClIN3O3. The summed E-state index contributed by atoms with van der Waals surface area (Å²) >= 11 is 8.00. The number of non-ortho nitro benzene ring substituents is 1. The lowest BCUT2D eigenvalue weighted by atomic mass is 10.0. The molecule has 2 aromatic carbocycles. The molecular weight excluding hydrogens is 517 g/mol. The van der Waals surface area contributed by atoms with E-state index >= 15 is 0 Å². The van der Waals surface area contributed by atoms with Gasteiger partial charge in [-0.15, -0.1) is 6.58 Å². The second-order valence-corrected chi connectivity index (χ2v) is 8.92. The van der Waals surface area contributed by atoms with Gasteiger partial charge in [-0.25, -0.2) is 0 Å². The molecule has 0 radical (unpaired) electrons. The average molecular weight is 542 g/mol. The monoisotopic (exact) mass is 541 g/mol. The number of benzene rings is 2. The van der Waals surface area contributed by atoms with E-state index in [2.05, 4.69) is 48.3 Å². The second kappa shape index (κ2) is 11.3. The van der Waals surface area contributed by atoms with Crippen LogP contribution >= 0.6 is 34.2 Å². The van der Waals surface area contributed by atoms with Crippen LogP contribution in [0.2, 0.25) is 5.02 Å². The van der Waals surface area contributed by atoms with Crippen molar-refractivity contribution in [3.05, 3.63) is 79.4 Å². The topological polar surface area (TPSA) is 75.5 Å². The molecule has 0 aliphatic heterocycles. The Balaban J connectivity index is 2.30. The van der Waals surface area contributed by atoms with Gasteiger partial charge >= 0.3 is 0 Å². The van der Waals surface area contributed by atoms with E-state index in [0.717, 1.165) is 11.3 Å². The maximum absolute atomic E-state index is 13.2. The van der Waals surface area contributed by atoms with Crippen LogP contribution in [0.3, 0.4) is 0 Å². The fourth-order valence-electron chi connectivity index (χ4n) is 3.11. The number of nitrogens with zero attached hydrogens (tertiary/aromatic N) is 2. The number of carbonyl (C=O) groups excluding carboxylic acids is 1. The molecule has 1 amide bonds. The Morgan fingerprint density at radius 1 is 1.30 bits per heavy atom. The van der Waals surface area contributed by atoms with Gasteiger partial charge in [-0.2, -0.15) is 0 Å². The minimum Gasteiger partial charge on any atom is -0.355 e. The summed E-state index contributed by atoms with van der Waals surface area (Å²) in [6, 6.07) is 11.6. The van der Waals surface area contributed by atoms with Gasteiger partial charge in [0, 0.05) is 33.8 Å². The molecule has 0 bridgehead atoms. The van der Waals surface area contributed by atoms with Gasteiger partial charge in [-0.05, 0) is 58.7 Å². The van der Waals surface area contributed by atoms with Crippen LogP contribution in [0.5, 0.6) is 0 Å². The average Bonchev–Trinajstić information content (AvgIpc) is 2.70. The molecule has 6 nitrogen and oxygen atoms in total. The number of rotatable bonds is 10. The zero-order valence-corrected chi connectivity index (χ0v) is 19.9. The van der Waals surface area contributed by atoms with Crippen LogP contribution in [-0.2, 0) is 11.3 Å². The Kier molecular flexibility index (Phi) is 9.10. The van der Waals surface area contributed by atoms with Crippen LogP contribution in [0, 0.1) is 19.6 Å². The zero-order valence-electron chi connectivity index (χ0n) is 17.0. The minimum atomic E-state index is -0.440. The number of halogens is 2. The number of amides is 1. The first-order valence-corrected chi connectivity index (χ1v) is 11.0. The molecule has 30 heavy (non-hydrogen) atoms. The van der Waals surface area contributed by atoms with Crippen molar-refractivity contribution in [2.75, 3.05) is 11.4 Å². The smallest absolute Gasteiger partial charge is 0.270 e. The lowest BCUT2D eigenvalue weighted by molar-refractivity contribution is -0.384. The van der Waals surface area contributed by atoms with E-state index < -0.39 is 11.0 Å². The third-order valence-corrected chi connectivity index (χ3v) is 5.65. The quantitative estimate of drug-likeness (QED) is 0.185. The number of hydrogen-bond donors (Lipinski definition) is 1. The van der Waals surface area contributed by atoms with Crippen molar-refractivity contribution in [1.82, 2.24) is 5.32 Å². The Bertz CT molecular complexity index is 903. The second-order valence-electron chi connectivity index (χ2n) is 7.32. The van der Waals surface area contributed by atoms with E-state index in [1.807, 2.05) is 17.0 Å². The first-order valence-electron chi connectivity index (χ1n) is 9.56. The van der Waals surface area contributed by atoms with Crippen molar-refractivity contribution in [3.8, 4) is 0 Å². The predicted molar refractivity (Wildman–Crippen MR) is 130 cm³/mol. The standard InChI is InChI=1S/C22H25ClIN3O3/c1-4-11-26(20-10-9-18(27(29)30)13-19(20)24)21(12-15(2)3)22(28)25-14-16-5-7-17(23)8-6-16/h4-10,13,15,21H,1,11-12,14H2,2-3H3,(H,25,28). The maximum atomic E-state index is 13.2. The van der Waals surface area contributed by atoms with E-state index in [1.165, 1.54) is 12.1 Å². The summed E-state index contributed by atoms with van der Waals surface area (Å²) in [5.74, 6) is 0.175. The van der Waals surface area contributed by atoms with Crippen molar-refractivity contribution in [2.24, 2.45) is 5.92 Å². The molecule has 8 heteroatoms. The summed E-state index contributed by atoms with van der Waals surface area (Å²) in [5.41, 5.74) is 1.75. The number of anilines is 1. The third kappa shape index (κ3) is 6.70. The number of carbonyl (C=O) groups is 1. The first-order chi connectivity index (χ1) is 14.2. The molecule has 0 saturated carbocycles. The van der Waals surface area contributed by atoms with Crippen molar-refractivity contribution in [3.63, 3.8) is 0 Å². The Hall–Kier alpha value is -2.13. The lowest BCUT2D eigenvalue weighted by Crippen LogP contribution is -2.48. The Labute approximate surface area is 195 Å². The van der Waals surface area contributed by atoms with Gasteiger partial charge in [0.15, 0.2) is 0 Å². The summed E-state index contributed by atoms with van der Waals surface area (Å²) < 4.78 is 0.711. The largest absolute Gasteiger partial charge is 0.355 e. The van der Waals surface area contributed by atoms with Gasteiger partial charge in [0.2, 0.25) is 5.91 Å². The van der Waals surface area contributed by atoms with Crippen molar-refractivity contribution >= 4 is 51.5 Å². The SMILES string of the molecule is C=CCN(c1ccc([N+](=O)[O-])cc1I)C(CC(C)C)C(=O)NCc1ccc(Cl)cc1. The predicted octanol–water partition coefficient (Wildman–Crippen LogP) is 5.58. The van der Waals surface area contributed by atoms with Crippen molar-refractivity contribution < 1.29 is 9.72 Å². The van der Waals surface area contributed by atoms with Gasteiger partial charge in [-0.1, -0.05) is 43.7 Å². The van der Waals surface area contributed by atoms with Crippen LogP contribution in [0.15, 0.2) is 55.1 Å². The molecule has 2 aromatic rings. The lowest BCUT2D eigenvalue weighted by Gasteiger charge is -2.33. The van der Waals surface area contributed by atoms with Crippen LogP contribution < -0.4 is 10.2 Å². The van der Waals surface area contributed by atoms with Crippen LogP contribution in [-0.4, -0.2) is 23.4 Å². The van der Waals surface area contributed by atoms with Gasteiger partial charge < -0.3 is 10.2 Å². The molecule has 0 aliphatic carbocycles. The van der Waals surface area contributed by atoms with Crippen molar-refractivity contribution in [2.45, 2.75) is 32.9 Å². The summed E-state index contributed by atoms with van der Waals surface area (Å²) in [5, 5.41) is 14.7. The van der Waals surface area contributed by atoms with Crippen LogP contribution in [0.4, 0.5) is 11.4 Å². The number of nitrogens with one attached hydrogen (secondary N) is 1. The molecule has 1 N–H and O–H groups in total. The van der Waals surface area contributed by atoms with E-state index in [0.29, 0.717) is 28.1 Å². The number of hydrogen-bond acceptors (Lipinski definition) is 4. The van der Waals surface area contributed by atoms with Gasteiger partial charge in [0.1, 0.15) is 6.04 Å². The van der Waals surface area contributed by atoms with Gasteiger partial charge in [0.25, 0.3) is 5.69 Å². The summed E-state index contributed by atoms with van der Waals surface area (Å²) in [6.45, 7) is 8.79. The maximum Gasteiger partial charge on any atom is 0.270 e. The van der Waals surface area contributed by atoms with E-state index in [4.69, 9.17) is 11.6 Å². The fourth-order valence-corrected chi connectivity index (χ4v) is 4.04. The highest BCUT2D eigenvalue weighted by molar-refractivity contribution is 14.1. The van der Waals surface area contributed by atoms with Gasteiger partial charge in [-0.3, -0.25) is 14.9 Å². The Morgan fingerprint density at radius 2 is 1.97 bits per heavy atom. The van der Waals surface area contributed by atoms with Crippen LogP contribution in [0.1, 0.15) is 25.8 Å². The highest BCUT2D eigenvalue weighted by Crippen LogP contribution is 2.30. The van der Waals surface area contributed by atoms with E-state index in [1.54, 1.807) is 24.3 Å². The highest BCUT2D eigenvalue weighted by atomic mass is 127. The molecule has 1 unspecified atom stereocenters. The number of nitro groups is 1. The molecule has 0 heterocycles. The molecule has 160 valence electrons. The highest BCUT2D eigenvalue weighted by Gasteiger charge is 2.28. The molecule has 2 rings (SSSR count). The summed E-state index contributed by atoms with van der Waals surface area (Å²) in [6.07, 6.45) is 2.37. The van der Waals surface area contributed by atoms with E-state index in [-0.39, 0.29) is 17.5 Å². The molecule has 0 spiro atoms.